The second-order valence-corrected chi connectivity index (χ2v) is 6.94. The summed E-state index contributed by atoms with van der Waals surface area (Å²) in [6.07, 6.45) is 5.06. The van der Waals surface area contributed by atoms with Crippen molar-refractivity contribution in [3.63, 3.8) is 0 Å². The molecule has 28 heavy (non-hydrogen) atoms. The van der Waals surface area contributed by atoms with Gasteiger partial charge < -0.3 is 19.9 Å². The number of amides is 2. The van der Waals surface area contributed by atoms with Crippen LogP contribution in [0.1, 0.15) is 23.2 Å². The number of carbonyl (C=O) groups excluding carboxylic acids is 2. The monoisotopic (exact) mass is 383 g/mol. The normalized spacial score (nSPS) is 16.4. The Morgan fingerprint density at radius 1 is 1.25 bits per heavy atom. The number of hydrogen-bond donors (Lipinski definition) is 1. The molecule has 1 aliphatic rings. The molecule has 1 unspecified atom stereocenters. The number of aromatic nitrogens is 2. The van der Waals surface area contributed by atoms with Gasteiger partial charge in [0, 0.05) is 45.1 Å². The van der Waals surface area contributed by atoms with Gasteiger partial charge in [-0.1, -0.05) is 0 Å². The molecule has 2 amide bonds. The van der Waals surface area contributed by atoms with Crippen molar-refractivity contribution in [2.45, 2.75) is 12.8 Å². The van der Waals surface area contributed by atoms with Crippen molar-refractivity contribution in [3.05, 3.63) is 42.2 Å². The highest BCUT2D eigenvalue weighted by Gasteiger charge is 2.28. The number of nitrogens with one attached hydrogen (secondary N) is 1. The lowest BCUT2D eigenvalue weighted by molar-refractivity contribution is -0.120. The van der Waals surface area contributed by atoms with Gasteiger partial charge in [-0.15, -0.1) is 0 Å². The number of anilines is 2. The number of methoxy groups -OCH3 is 1. The Bertz CT molecular complexity index is 841. The van der Waals surface area contributed by atoms with Crippen LogP contribution in [0.15, 0.2) is 36.7 Å². The molecule has 0 radical (unpaired) electrons. The quantitative estimate of drug-likeness (QED) is 0.850. The van der Waals surface area contributed by atoms with E-state index in [1.165, 1.54) is 12.0 Å². The van der Waals surface area contributed by atoms with E-state index in [9.17, 15) is 9.59 Å². The van der Waals surface area contributed by atoms with Crippen LogP contribution in [-0.4, -0.2) is 61.0 Å². The van der Waals surface area contributed by atoms with Crippen LogP contribution in [0.4, 0.5) is 11.6 Å². The van der Waals surface area contributed by atoms with Crippen molar-refractivity contribution in [2.75, 3.05) is 44.5 Å². The van der Waals surface area contributed by atoms with E-state index in [1.54, 1.807) is 50.8 Å². The fraction of sp³-hybridized carbons (Fsp3) is 0.400. The number of nitrogens with zero attached hydrogens (tertiary/aromatic N) is 4. The maximum absolute atomic E-state index is 12.9. The molecule has 0 bridgehead atoms. The Kier molecular flexibility index (Phi) is 6.08. The fourth-order valence-electron chi connectivity index (χ4n) is 3.26. The highest BCUT2D eigenvalue weighted by atomic mass is 16.5. The molecule has 1 N–H and O–H groups in total. The van der Waals surface area contributed by atoms with Crippen LogP contribution >= 0.6 is 0 Å². The Balaban J connectivity index is 1.74. The second kappa shape index (κ2) is 8.69. The molecule has 0 saturated carbocycles. The second-order valence-electron chi connectivity index (χ2n) is 6.94. The summed E-state index contributed by atoms with van der Waals surface area (Å²) in [5, 5.41) is 2.94. The molecule has 8 nitrogen and oxygen atoms in total. The Hall–Kier alpha value is -3.16. The Labute approximate surface area is 164 Å². The summed E-state index contributed by atoms with van der Waals surface area (Å²) in [7, 11) is 4.91. The molecular formula is C20H25N5O3. The predicted octanol–water partition coefficient (Wildman–Crippen LogP) is 2.04. The van der Waals surface area contributed by atoms with Gasteiger partial charge in [0.05, 0.1) is 18.7 Å². The third kappa shape index (κ3) is 4.39. The summed E-state index contributed by atoms with van der Waals surface area (Å²) in [4.78, 5) is 37.2. The lowest BCUT2D eigenvalue weighted by atomic mass is 9.97. The third-order valence-corrected chi connectivity index (χ3v) is 4.74. The molecule has 1 aromatic carbocycles. The largest absolute Gasteiger partial charge is 0.495 e. The molecule has 1 fully saturated rings. The van der Waals surface area contributed by atoms with Crippen molar-refractivity contribution in [2.24, 2.45) is 5.92 Å². The number of carbonyl (C=O) groups is 2. The van der Waals surface area contributed by atoms with Crippen molar-refractivity contribution in [1.29, 1.82) is 0 Å². The zero-order chi connectivity index (χ0) is 20.1. The first-order valence-electron chi connectivity index (χ1n) is 9.22. The maximum atomic E-state index is 12.9. The summed E-state index contributed by atoms with van der Waals surface area (Å²) in [5.41, 5.74) is 0.984. The minimum absolute atomic E-state index is 0.103. The van der Waals surface area contributed by atoms with Crippen LogP contribution < -0.4 is 15.0 Å². The fourth-order valence-corrected chi connectivity index (χ4v) is 3.26. The molecule has 148 valence electrons. The number of piperidine rings is 1. The van der Waals surface area contributed by atoms with Crippen LogP contribution in [0.25, 0.3) is 0 Å². The SMILES string of the molecule is COc1ccc(C(=O)N(C)C)cc1NC(=O)C1CCCN(c2ncccn2)C1. The van der Waals surface area contributed by atoms with Crippen LogP contribution in [0.2, 0.25) is 0 Å². The molecule has 1 saturated heterocycles. The third-order valence-electron chi connectivity index (χ3n) is 4.74. The van der Waals surface area contributed by atoms with Gasteiger partial charge in [0.2, 0.25) is 11.9 Å². The van der Waals surface area contributed by atoms with E-state index in [-0.39, 0.29) is 17.7 Å². The predicted molar refractivity (Wildman–Crippen MR) is 107 cm³/mol. The highest BCUT2D eigenvalue weighted by Crippen LogP contribution is 2.28. The summed E-state index contributed by atoms with van der Waals surface area (Å²) < 4.78 is 5.35. The van der Waals surface area contributed by atoms with Gasteiger partial charge in [-0.25, -0.2) is 9.97 Å². The molecule has 1 aromatic heterocycles. The molecule has 8 heteroatoms. The average molecular weight is 383 g/mol. The lowest BCUT2D eigenvalue weighted by Gasteiger charge is -2.32. The van der Waals surface area contributed by atoms with Crippen molar-refractivity contribution < 1.29 is 14.3 Å². The summed E-state index contributed by atoms with van der Waals surface area (Å²) in [5.74, 6) is 0.714. The standard InChI is InChI=1S/C20H25N5O3/c1-24(2)19(27)14-7-8-17(28-3)16(12-14)23-18(26)15-6-4-11-25(13-15)20-21-9-5-10-22-20/h5,7-10,12,15H,4,6,11,13H2,1-3H3,(H,23,26). The Morgan fingerprint density at radius 2 is 2.00 bits per heavy atom. The van der Waals surface area contributed by atoms with E-state index in [1.807, 2.05) is 4.90 Å². The summed E-state index contributed by atoms with van der Waals surface area (Å²) in [6, 6.07) is 6.80. The van der Waals surface area contributed by atoms with E-state index >= 15 is 0 Å². The van der Waals surface area contributed by atoms with Gasteiger partial charge >= 0.3 is 0 Å². The smallest absolute Gasteiger partial charge is 0.253 e. The maximum Gasteiger partial charge on any atom is 0.253 e. The van der Waals surface area contributed by atoms with Crippen molar-refractivity contribution in [3.8, 4) is 5.75 Å². The van der Waals surface area contributed by atoms with Gasteiger partial charge in [-0.3, -0.25) is 9.59 Å². The zero-order valence-electron chi connectivity index (χ0n) is 16.4. The molecule has 1 atom stereocenters. The first-order chi connectivity index (χ1) is 13.5. The first-order valence-corrected chi connectivity index (χ1v) is 9.22. The molecule has 2 aromatic rings. The molecule has 1 aliphatic heterocycles. The van der Waals surface area contributed by atoms with Gasteiger partial charge in [0.25, 0.3) is 5.91 Å². The van der Waals surface area contributed by atoms with Gasteiger partial charge in [-0.2, -0.15) is 0 Å². The number of ether oxygens (including phenoxy) is 1. The van der Waals surface area contributed by atoms with Gasteiger partial charge in [0.1, 0.15) is 5.75 Å². The average Bonchev–Trinajstić information content (AvgIpc) is 2.73. The van der Waals surface area contributed by atoms with E-state index in [4.69, 9.17) is 4.74 Å². The molecule has 0 spiro atoms. The minimum atomic E-state index is -0.199. The molecule has 2 heterocycles. The van der Waals surface area contributed by atoms with E-state index < -0.39 is 0 Å². The molecule has 0 aliphatic carbocycles. The number of benzene rings is 1. The van der Waals surface area contributed by atoms with E-state index in [0.29, 0.717) is 29.5 Å². The van der Waals surface area contributed by atoms with Crippen LogP contribution in [0.5, 0.6) is 5.75 Å². The molecule has 3 rings (SSSR count). The number of rotatable bonds is 5. The van der Waals surface area contributed by atoms with Gasteiger partial charge in [0.15, 0.2) is 0 Å². The zero-order valence-corrected chi connectivity index (χ0v) is 16.4. The topological polar surface area (TPSA) is 87.7 Å². The number of hydrogen-bond acceptors (Lipinski definition) is 6. The van der Waals surface area contributed by atoms with Crippen LogP contribution in [-0.2, 0) is 4.79 Å². The van der Waals surface area contributed by atoms with Crippen LogP contribution in [0, 0.1) is 5.92 Å². The first kappa shape index (κ1) is 19.6. The summed E-state index contributed by atoms with van der Waals surface area (Å²) >= 11 is 0. The van der Waals surface area contributed by atoms with Crippen molar-refractivity contribution >= 4 is 23.5 Å². The van der Waals surface area contributed by atoms with Crippen molar-refractivity contribution in [1.82, 2.24) is 14.9 Å². The van der Waals surface area contributed by atoms with E-state index in [2.05, 4.69) is 15.3 Å². The highest BCUT2D eigenvalue weighted by molar-refractivity contribution is 5.99. The van der Waals surface area contributed by atoms with Crippen LogP contribution in [0.3, 0.4) is 0 Å². The molecular weight excluding hydrogens is 358 g/mol. The van der Waals surface area contributed by atoms with Gasteiger partial charge in [-0.05, 0) is 37.1 Å². The Morgan fingerprint density at radius 3 is 2.68 bits per heavy atom. The van der Waals surface area contributed by atoms with E-state index in [0.717, 1.165) is 19.4 Å². The summed E-state index contributed by atoms with van der Waals surface area (Å²) in [6.45, 7) is 1.37. The minimum Gasteiger partial charge on any atom is -0.495 e. The lowest BCUT2D eigenvalue weighted by Crippen LogP contribution is -2.41.